The number of halogens is 1. The third-order valence-electron chi connectivity index (χ3n) is 2.92. The fourth-order valence-corrected chi connectivity index (χ4v) is 2.10. The number of carboxylic acid groups (broad SMARTS) is 1. The maximum atomic E-state index is 10.8. The molecule has 0 aliphatic carbocycles. The molecule has 0 heterocycles. The molecule has 0 fully saturated rings. The van der Waals surface area contributed by atoms with Crippen LogP contribution in [0.2, 0.25) is 5.02 Å². The summed E-state index contributed by atoms with van der Waals surface area (Å²) in [4.78, 5) is 10.8. The van der Waals surface area contributed by atoms with E-state index >= 15 is 0 Å². The fourth-order valence-electron chi connectivity index (χ4n) is 1.92. The third-order valence-corrected chi connectivity index (χ3v) is 3.16. The molecule has 0 radical (unpaired) electrons. The van der Waals surface area contributed by atoms with Gasteiger partial charge in [-0.2, -0.15) is 0 Å². The van der Waals surface area contributed by atoms with Crippen molar-refractivity contribution < 1.29 is 15.0 Å². The summed E-state index contributed by atoms with van der Waals surface area (Å²) in [5, 5.41) is 21.0. The molecule has 21 heavy (non-hydrogen) atoms. The van der Waals surface area contributed by atoms with Crippen LogP contribution in [-0.4, -0.2) is 16.3 Å². The molecule has 0 aliphatic rings. The van der Waals surface area contributed by atoms with Crippen molar-refractivity contribution in [2.75, 3.05) is 5.32 Å². The summed E-state index contributed by atoms with van der Waals surface area (Å²) in [6.07, 6.45) is 2.45. The van der Waals surface area contributed by atoms with Gasteiger partial charge in [-0.15, -0.1) is 0 Å². The number of benzene rings is 2. The van der Waals surface area contributed by atoms with E-state index in [-0.39, 0.29) is 6.61 Å². The predicted octanol–water partition coefficient (Wildman–Crippen LogP) is 4.09. The van der Waals surface area contributed by atoms with Gasteiger partial charge < -0.3 is 10.2 Å². The average Bonchev–Trinajstić information content (AvgIpc) is 2.46. The molecule has 0 spiro atoms. The number of anilines is 1. The van der Waals surface area contributed by atoms with Crippen LogP contribution in [0.25, 0.3) is 12.2 Å². The summed E-state index contributed by atoms with van der Waals surface area (Å²) in [6.45, 7) is -0.0914. The van der Waals surface area contributed by atoms with E-state index in [0.29, 0.717) is 10.7 Å². The molecule has 5 heteroatoms. The molecule has 2 rings (SSSR count). The molecule has 0 aliphatic heterocycles. The number of hydrogen-bond donors (Lipinski definition) is 3. The van der Waals surface area contributed by atoms with E-state index in [9.17, 15) is 9.90 Å². The number of hydrogen-bond acceptors (Lipinski definition) is 2. The Kier molecular flexibility index (Phi) is 4.98. The van der Waals surface area contributed by atoms with Crippen LogP contribution in [0.5, 0.6) is 0 Å². The first-order chi connectivity index (χ1) is 10.1. The molecule has 3 N–H and O–H groups in total. The third kappa shape index (κ3) is 4.08. The molecular weight excluding hydrogens is 290 g/mol. The number of amides is 1. The van der Waals surface area contributed by atoms with Crippen molar-refractivity contribution in [3.05, 3.63) is 64.2 Å². The first-order valence-corrected chi connectivity index (χ1v) is 6.64. The van der Waals surface area contributed by atoms with E-state index in [2.05, 4.69) is 5.32 Å². The molecule has 1 amide bonds. The molecule has 4 nitrogen and oxygen atoms in total. The number of para-hydroxylation sites is 1. The molecule has 2 aromatic carbocycles. The highest BCUT2D eigenvalue weighted by Crippen LogP contribution is 2.21. The first-order valence-electron chi connectivity index (χ1n) is 6.26. The van der Waals surface area contributed by atoms with Gasteiger partial charge in [-0.05, 0) is 34.9 Å². The smallest absolute Gasteiger partial charge is 0.409 e. The van der Waals surface area contributed by atoms with E-state index in [1.165, 1.54) is 0 Å². The lowest BCUT2D eigenvalue weighted by Gasteiger charge is -2.06. The van der Waals surface area contributed by atoms with E-state index in [1.807, 2.05) is 6.07 Å². The molecule has 108 valence electrons. The Labute approximate surface area is 127 Å². The zero-order valence-corrected chi connectivity index (χ0v) is 11.8. The Hall–Kier alpha value is -2.30. The highest BCUT2D eigenvalue weighted by molar-refractivity contribution is 6.30. The first kappa shape index (κ1) is 15.1. The van der Waals surface area contributed by atoms with Gasteiger partial charge in [-0.1, -0.05) is 48.0 Å². The summed E-state index contributed by atoms with van der Waals surface area (Å²) in [5.41, 5.74) is 2.76. The summed E-state index contributed by atoms with van der Waals surface area (Å²) in [5.74, 6) is 0. The summed E-state index contributed by atoms with van der Waals surface area (Å²) >= 11 is 5.95. The second kappa shape index (κ2) is 6.92. The van der Waals surface area contributed by atoms with Crippen molar-refractivity contribution in [2.24, 2.45) is 0 Å². The highest BCUT2D eigenvalue weighted by Gasteiger charge is 2.03. The molecular formula is C16H14ClNO3. The minimum atomic E-state index is -1.12. The van der Waals surface area contributed by atoms with Crippen molar-refractivity contribution in [2.45, 2.75) is 6.61 Å². The van der Waals surface area contributed by atoms with Crippen LogP contribution in [0, 0.1) is 0 Å². The Bertz CT molecular complexity index is 683. The zero-order valence-electron chi connectivity index (χ0n) is 11.1. The Morgan fingerprint density at radius 2 is 1.86 bits per heavy atom. The fraction of sp³-hybridized carbons (Fsp3) is 0.0625. The maximum Gasteiger partial charge on any atom is 0.409 e. The quantitative estimate of drug-likeness (QED) is 0.745. The van der Waals surface area contributed by atoms with Crippen molar-refractivity contribution in [3.63, 3.8) is 0 Å². The van der Waals surface area contributed by atoms with Gasteiger partial charge in [0.2, 0.25) is 0 Å². The van der Waals surface area contributed by atoms with Gasteiger partial charge in [0.25, 0.3) is 0 Å². The maximum absolute atomic E-state index is 10.8. The van der Waals surface area contributed by atoms with Gasteiger partial charge in [0.05, 0.1) is 12.3 Å². The molecule has 0 unspecified atom stereocenters. The molecule has 0 saturated heterocycles. The molecule has 0 bridgehead atoms. The normalized spacial score (nSPS) is 10.8. The molecule has 0 aromatic heterocycles. The van der Waals surface area contributed by atoms with Crippen molar-refractivity contribution in [1.29, 1.82) is 0 Å². The topological polar surface area (TPSA) is 69.6 Å². The van der Waals surface area contributed by atoms with Crippen LogP contribution in [-0.2, 0) is 6.61 Å². The van der Waals surface area contributed by atoms with Gasteiger partial charge in [-0.3, -0.25) is 5.32 Å². The summed E-state index contributed by atoms with van der Waals surface area (Å²) in [7, 11) is 0. The van der Waals surface area contributed by atoms with Crippen LogP contribution < -0.4 is 5.32 Å². The predicted molar refractivity (Wildman–Crippen MR) is 84.4 cm³/mol. The Balaban J connectivity index is 2.33. The minimum absolute atomic E-state index is 0.0914. The van der Waals surface area contributed by atoms with Crippen LogP contribution in [0.3, 0.4) is 0 Å². The van der Waals surface area contributed by atoms with Gasteiger partial charge in [0.15, 0.2) is 0 Å². The lowest BCUT2D eigenvalue weighted by Crippen LogP contribution is -2.08. The lowest BCUT2D eigenvalue weighted by molar-refractivity contribution is 0.209. The van der Waals surface area contributed by atoms with Crippen LogP contribution in [0.15, 0.2) is 42.5 Å². The number of nitrogens with one attached hydrogen (secondary N) is 1. The summed E-state index contributed by atoms with van der Waals surface area (Å²) in [6, 6.07) is 12.3. The average molecular weight is 304 g/mol. The highest BCUT2D eigenvalue weighted by atomic mass is 35.5. The van der Waals surface area contributed by atoms with Gasteiger partial charge in [-0.25, -0.2) is 4.79 Å². The summed E-state index contributed by atoms with van der Waals surface area (Å²) < 4.78 is 0. The lowest BCUT2D eigenvalue weighted by atomic mass is 10.1. The number of aliphatic hydroxyl groups is 1. The number of aliphatic hydroxyl groups excluding tert-OH is 1. The van der Waals surface area contributed by atoms with Crippen molar-refractivity contribution in [1.82, 2.24) is 0 Å². The van der Waals surface area contributed by atoms with Gasteiger partial charge >= 0.3 is 6.09 Å². The van der Waals surface area contributed by atoms with E-state index < -0.39 is 6.09 Å². The second-order valence-electron chi connectivity index (χ2n) is 4.35. The van der Waals surface area contributed by atoms with Crippen molar-refractivity contribution in [3.8, 4) is 0 Å². The second-order valence-corrected chi connectivity index (χ2v) is 4.79. The van der Waals surface area contributed by atoms with E-state index in [1.54, 1.807) is 48.6 Å². The van der Waals surface area contributed by atoms with Crippen LogP contribution >= 0.6 is 11.6 Å². The Morgan fingerprint density at radius 3 is 2.57 bits per heavy atom. The molecule has 2 aromatic rings. The van der Waals surface area contributed by atoms with Crippen LogP contribution in [0.1, 0.15) is 16.7 Å². The van der Waals surface area contributed by atoms with E-state index in [0.717, 1.165) is 16.7 Å². The van der Waals surface area contributed by atoms with Gasteiger partial charge in [0.1, 0.15) is 0 Å². The number of carbonyl (C=O) groups is 1. The largest absolute Gasteiger partial charge is 0.465 e. The number of rotatable bonds is 4. The monoisotopic (exact) mass is 303 g/mol. The van der Waals surface area contributed by atoms with E-state index in [4.69, 9.17) is 16.7 Å². The molecule has 0 atom stereocenters. The molecule has 0 saturated carbocycles. The minimum Gasteiger partial charge on any atom is -0.465 e. The standard InChI is InChI=1S/C16H14ClNO3/c17-14-8-7-13(10-19)12(9-14)6-5-11-3-1-2-4-15(11)18-16(20)21/h1-9,18-19H,10H2,(H,20,21)/b6-5+. The SMILES string of the molecule is O=C(O)Nc1ccccc1/C=C/c1cc(Cl)ccc1CO. The van der Waals surface area contributed by atoms with Crippen molar-refractivity contribution >= 4 is 35.5 Å². The van der Waals surface area contributed by atoms with Gasteiger partial charge in [0, 0.05) is 5.02 Å². The Morgan fingerprint density at radius 1 is 1.14 bits per heavy atom. The van der Waals surface area contributed by atoms with Crippen LogP contribution in [0.4, 0.5) is 10.5 Å². The zero-order chi connectivity index (χ0) is 15.2.